The van der Waals surface area contributed by atoms with Gasteiger partial charge in [0.15, 0.2) is 0 Å². The van der Waals surface area contributed by atoms with E-state index in [-0.39, 0.29) is 5.91 Å². The van der Waals surface area contributed by atoms with Crippen molar-refractivity contribution in [2.75, 3.05) is 38.5 Å². The molecule has 25 heavy (non-hydrogen) atoms. The second-order valence-electron chi connectivity index (χ2n) is 7.90. The van der Waals surface area contributed by atoms with Crippen LogP contribution in [0.5, 0.6) is 0 Å². The molecule has 3 rings (SSSR count). The summed E-state index contributed by atoms with van der Waals surface area (Å²) in [6.07, 6.45) is 6.20. The number of likely N-dealkylation sites (tertiary alicyclic amines) is 1. The number of fused-ring (bicyclic) bond motifs is 1. The number of benzene rings is 1. The highest BCUT2D eigenvalue weighted by molar-refractivity contribution is 5.88. The second-order valence-corrected chi connectivity index (χ2v) is 7.90. The maximum atomic E-state index is 11.3. The fourth-order valence-corrected chi connectivity index (χ4v) is 4.44. The lowest BCUT2D eigenvalue weighted by Crippen LogP contribution is -2.44. The van der Waals surface area contributed by atoms with Crippen LogP contribution in [0, 0.1) is 5.92 Å². The third kappa shape index (κ3) is 4.83. The molecular weight excluding hydrogens is 310 g/mol. The van der Waals surface area contributed by atoms with E-state index in [2.05, 4.69) is 41.2 Å². The van der Waals surface area contributed by atoms with Crippen molar-refractivity contribution in [1.29, 1.82) is 0 Å². The number of nitrogens with one attached hydrogen (secondary N) is 1. The van der Waals surface area contributed by atoms with Crippen LogP contribution in [0.25, 0.3) is 0 Å². The number of carbonyl (C=O) groups excluding carboxylic acids is 1. The van der Waals surface area contributed by atoms with Gasteiger partial charge in [-0.05, 0) is 88.0 Å². The van der Waals surface area contributed by atoms with E-state index >= 15 is 0 Å². The highest BCUT2D eigenvalue weighted by Gasteiger charge is 2.26. The number of hydrogen-bond donors (Lipinski definition) is 1. The average Bonchev–Trinajstić information content (AvgIpc) is 2.60. The molecular formula is C21H33N3O. The first-order chi connectivity index (χ1) is 12.0. The minimum Gasteiger partial charge on any atom is -0.326 e. The molecule has 1 N–H and O–H groups in total. The quantitative estimate of drug-likeness (QED) is 0.892. The molecule has 1 aromatic rings. The maximum absolute atomic E-state index is 11.3. The average molecular weight is 344 g/mol. The molecule has 1 aliphatic heterocycles. The zero-order valence-corrected chi connectivity index (χ0v) is 16.1. The summed E-state index contributed by atoms with van der Waals surface area (Å²) < 4.78 is 0. The van der Waals surface area contributed by atoms with Gasteiger partial charge >= 0.3 is 0 Å². The SMILES string of the molecule is CCN(CC1CCN(C)CC1)C1CCc2ccc(NC(C)=O)cc2C1. The van der Waals surface area contributed by atoms with Crippen molar-refractivity contribution >= 4 is 11.6 Å². The van der Waals surface area contributed by atoms with Gasteiger partial charge in [0.1, 0.15) is 0 Å². The van der Waals surface area contributed by atoms with Crippen molar-refractivity contribution in [2.45, 2.75) is 52.0 Å². The van der Waals surface area contributed by atoms with Crippen LogP contribution in [-0.2, 0) is 17.6 Å². The molecule has 0 aromatic heterocycles. The lowest BCUT2D eigenvalue weighted by molar-refractivity contribution is -0.114. The van der Waals surface area contributed by atoms with Gasteiger partial charge in [-0.3, -0.25) is 4.79 Å². The van der Waals surface area contributed by atoms with Crippen LogP contribution in [0.3, 0.4) is 0 Å². The third-order valence-electron chi connectivity index (χ3n) is 5.98. The number of carbonyl (C=O) groups is 1. The van der Waals surface area contributed by atoms with E-state index in [0.29, 0.717) is 6.04 Å². The second kappa shape index (κ2) is 8.33. The first kappa shape index (κ1) is 18.4. The maximum Gasteiger partial charge on any atom is 0.221 e. The molecule has 138 valence electrons. The van der Waals surface area contributed by atoms with E-state index in [4.69, 9.17) is 0 Å². The number of hydrogen-bond acceptors (Lipinski definition) is 3. The molecule has 1 heterocycles. The zero-order valence-electron chi connectivity index (χ0n) is 16.1. The molecule has 1 aromatic carbocycles. The van der Waals surface area contributed by atoms with Crippen LogP contribution >= 0.6 is 0 Å². The minimum absolute atomic E-state index is 0.00441. The van der Waals surface area contributed by atoms with E-state index < -0.39 is 0 Å². The summed E-state index contributed by atoms with van der Waals surface area (Å²) in [5, 5.41) is 2.93. The number of nitrogens with zero attached hydrogens (tertiary/aromatic N) is 2. The molecule has 1 amide bonds. The standard InChI is InChI=1S/C21H33N3O/c1-4-24(15-17-9-11-23(3)12-10-17)21-8-6-18-5-7-20(22-16(2)25)13-19(18)14-21/h5,7,13,17,21H,4,6,8-12,14-15H2,1-3H3,(H,22,25). The van der Waals surface area contributed by atoms with Crippen LogP contribution < -0.4 is 5.32 Å². The van der Waals surface area contributed by atoms with Gasteiger partial charge in [-0.2, -0.15) is 0 Å². The van der Waals surface area contributed by atoms with Crippen molar-refractivity contribution in [1.82, 2.24) is 9.80 Å². The Labute approximate surface area is 152 Å². The van der Waals surface area contributed by atoms with Crippen LogP contribution in [-0.4, -0.2) is 55.0 Å². The normalized spacial score (nSPS) is 22.0. The summed E-state index contributed by atoms with van der Waals surface area (Å²) in [7, 11) is 2.23. The van der Waals surface area contributed by atoms with Gasteiger partial charge in [-0.15, -0.1) is 0 Å². The predicted molar refractivity (Wildman–Crippen MR) is 104 cm³/mol. The summed E-state index contributed by atoms with van der Waals surface area (Å²) in [4.78, 5) is 16.5. The molecule has 4 nitrogen and oxygen atoms in total. The van der Waals surface area contributed by atoms with Gasteiger partial charge in [0.05, 0.1) is 0 Å². The molecule has 0 saturated carbocycles. The highest BCUT2D eigenvalue weighted by atomic mass is 16.1. The zero-order chi connectivity index (χ0) is 17.8. The lowest BCUT2D eigenvalue weighted by atomic mass is 9.86. The van der Waals surface area contributed by atoms with Crippen molar-refractivity contribution in [3.63, 3.8) is 0 Å². The largest absolute Gasteiger partial charge is 0.326 e. The first-order valence-corrected chi connectivity index (χ1v) is 9.87. The van der Waals surface area contributed by atoms with Gasteiger partial charge in [0, 0.05) is 25.2 Å². The Kier molecular flexibility index (Phi) is 6.13. The Bertz CT molecular complexity index is 593. The van der Waals surface area contributed by atoms with Gasteiger partial charge < -0.3 is 15.1 Å². The third-order valence-corrected chi connectivity index (χ3v) is 5.98. The molecule has 2 aliphatic rings. The minimum atomic E-state index is 0.00441. The molecule has 1 aliphatic carbocycles. The smallest absolute Gasteiger partial charge is 0.221 e. The van der Waals surface area contributed by atoms with E-state index in [1.807, 2.05) is 6.07 Å². The molecule has 1 saturated heterocycles. The van der Waals surface area contributed by atoms with Crippen molar-refractivity contribution in [3.8, 4) is 0 Å². The van der Waals surface area contributed by atoms with Gasteiger partial charge in [0.25, 0.3) is 0 Å². The predicted octanol–water partition coefficient (Wildman–Crippen LogP) is 3.17. The first-order valence-electron chi connectivity index (χ1n) is 9.87. The van der Waals surface area contributed by atoms with Crippen molar-refractivity contribution < 1.29 is 4.79 Å². The van der Waals surface area contributed by atoms with Crippen LogP contribution in [0.1, 0.15) is 44.2 Å². The molecule has 0 bridgehead atoms. The number of likely N-dealkylation sites (N-methyl/N-ethyl adjacent to an activating group) is 1. The summed E-state index contributed by atoms with van der Waals surface area (Å²) >= 11 is 0. The highest BCUT2D eigenvalue weighted by Crippen LogP contribution is 2.28. The Morgan fingerprint density at radius 1 is 1.24 bits per heavy atom. The molecule has 1 unspecified atom stereocenters. The van der Waals surface area contributed by atoms with Crippen LogP contribution in [0.2, 0.25) is 0 Å². The number of amides is 1. The Morgan fingerprint density at radius 2 is 2.00 bits per heavy atom. The van der Waals surface area contributed by atoms with E-state index in [0.717, 1.165) is 31.0 Å². The summed E-state index contributed by atoms with van der Waals surface area (Å²) in [6, 6.07) is 7.07. The van der Waals surface area contributed by atoms with Crippen molar-refractivity contribution in [2.24, 2.45) is 5.92 Å². The van der Waals surface area contributed by atoms with E-state index in [1.165, 1.54) is 50.0 Å². The number of anilines is 1. The van der Waals surface area contributed by atoms with Gasteiger partial charge in [0.2, 0.25) is 5.91 Å². The van der Waals surface area contributed by atoms with Gasteiger partial charge in [-0.1, -0.05) is 13.0 Å². The number of rotatable bonds is 5. The molecule has 1 atom stereocenters. The van der Waals surface area contributed by atoms with Gasteiger partial charge in [-0.25, -0.2) is 0 Å². The van der Waals surface area contributed by atoms with Crippen molar-refractivity contribution in [3.05, 3.63) is 29.3 Å². The lowest BCUT2D eigenvalue weighted by Gasteiger charge is -2.38. The Hall–Kier alpha value is -1.39. The molecule has 1 fully saturated rings. The summed E-state index contributed by atoms with van der Waals surface area (Å²) in [5.41, 5.74) is 3.82. The number of aryl methyl sites for hydroxylation is 1. The molecule has 4 heteroatoms. The molecule has 0 spiro atoms. The topological polar surface area (TPSA) is 35.6 Å². The fraction of sp³-hybridized carbons (Fsp3) is 0.667. The number of piperidine rings is 1. The van der Waals surface area contributed by atoms with E-state index in [9.17, 15) is 4.79 Å². The Morgan fingerprint density at radius 3 is 2.68 bits per heavy atom. The fourth-order valence-electron chi connectivity index (χ4n) is 4.44. The Balaban J connectivity index is 1.64. The van der Waals surface area contributed by atoms with E-state index in [1.54, 1.807) is 6.92 Å². The summed E-state index contributed by atoms with van der Waals surface area (Å²) in [6.45, 7) is 8.75. The molecule has 0 radical (unpaired) electrons. The summed E-state index contributed by atoms with van der Waals surface area (Å²) in [5.74, 6) is 0.855. The van der Waals surface area contributed by atoms with Crippen LogP contribution in [0.15, 0.2) is 18.2 Å². The monoisotopic (exact) mass is 343 g/mol. The van der Waals surface area contributed by atoms with Crippen LogP contribution in [0.4, 0.5) is 5.69 Å².